The number of nitrogens with two attached hydrogens (primary N) is 1. The summed E-state index contributed by atoms with van der Waals surface area (Å²) in [6.07, 6.45) is 5.44. The molecule has 4 atom stereocenters. The highest BCUT2D eigenvalue weighted by Crippen LogP contribution is 2.10. The minimum atomic E-state index is -1.86. The zero-order valence-corrected chi connectivity index (χ0v) is 22.3. The lowest BCUT2D eigenvalue weighted by Crippen LogP contribution is -2.36. The Hall–Kier alpha value is -0.0631. The first kappa shape index (κ1) is 30.9. The molecule has 0 aliphatic heterocycles. The van der Waals surface area contributed by atoms with E-state index in [9.17, 15) is 0 Å². The topological polar surface area (TPSA) is 81.4 Å². The van der Waals surface area contributed by atoms with E-state index in [1.54, 1.807) is 0 Å². The standard InChI is InChI=1S/C23H51NO6Si/c1-7-9-13-25-16-20(3)27-18-22(5)29-31(15-11-12-24)30-23(6)19-28-21(4)17-26-14-10-8-2/h20-23,31H,7-19,24H2,1-6H3. The Labute approximate surface area is 193 Å². The molecule has 0 rings (SSSR count). The Balaban J connectivity index is 4.18. The van der Waals surface area contributed by atoms with E-state index in [1.807, 2.05) is 27.7 Å². The van der Waals surface area contributed by atoms with Gasteiger partial charge in [-0.1, -0.05) is 26.7 Å². The molecular formula is C23H51NO6Si. The van der Waals surface area contributed by atoms with Gasteiger partial charge in [-0.25, -0.2) is 0 Å². The second-order valence-corrected chi connectivity index (χ2v) is 10.4. The maximum absolute atomic E-state index is 6.23. The van der Waals surface area contributed by atoms with Gasteiger partial charge in [0.2, 0.25) is 0 Å². The smallest absolute Gasteiger partial charge is 0.322 e. The van der Waals surface area contributed by atoms with Gasteiger partial charge in [0.25, 0.3) is 0 Å². The molecule has 0 aromatic carbocycles. The maximum atomic E-state index is 6.23. The van der Waals surface area contributed by atoms with E-state index in [4.69, 9.17) is 33.5 Å². The lowest BCUT2D eigenvalue weighted by atomic mass is 10.3. The average Bonchev–Trinajstić information content (AvgIpc) is 2.75. The second kappa shape index (κ2) is 21.8. The molecular weight excluding hydrogens is 414 g/mol. The van der Waals surface area contributed by atoms with Gasteiger partial charge in [0.15, 0.2) is 0 Å². The predicted octanol–water partition coefficient (Wildman–Crippen LogP) is 3.81. The second-order valence-electron chi connectivity index (χ2n) is 8.40. The zero-order valence-electron chi connectivity index (χ0n) is 21.1. The highest BCUT2D eigenvalue weighted by molar-refractivity contribution is 6.44. The molecule has 2 N–H and O–H groups in total. The van der Waals surface area contributed by atoms with Crippen LogP contribution < -0.4 is 5.73 Å². The zero-order chi connectivity index (χ0) is 23.3. The van der Waals surface area contributed by atoms with Gasteiger partial charge in [-0.3, -0.25) is 0 Å². The van der Waals surface area contributed by atoms with Crippen molar-refractivity contribution in [1.82, 2.24) is 0 Å². The van der Waals surface area contributed by atoms with Gasteiger partial charge in [0.05, 0.1) is 50.8 Å². The van der Waals surface area contributed by atoms with Crippen LogP contribution in [0.3, 0.4) is 0 Å². The number of hydrogen-bond acceptors (Lipinski definition) is 7. The molecule has 188 valence electrons. The number of unbranched alkanes of at least 4 members (excludes halogenated alkanes) is 2. The van der Waals surface area contributed by atoms with Crippen LogP contribution in [0.1, 0.15) is 73.6 Å². The van der Waals surface area contributed by atoms with Crippen LogP contribution in [0.4, 0.5) is 0 Å². The Morgan fingerprint density at radius 3 is 1.48 bits per heavy atom. The summed E-state index contributed by atoms with van der Waals surface area (Å²) in [6.45, 7) is 17.0. The fourth-order valence-corrected chi connectivity index (χ4v) is 4.84. The predicted molar refractivity (Wildman–Crippen MR) is 129 cm³/mol. The van der Waals surface area contributed by atoms with E-state index in [1.165, 1.54) is 0 Å². The van der Waals surface area contributed by atoms with Crippen molar-refractivity contribution in [2.24, 2.45) is 5.73 Å². The summed E-state index contributed by atoms with van der Waals surface area (Å²) < 4.78 is 35.5. The molecule has 0 aliphatic rings. The van der Waals surface area contributed by atoms with Crippen LogP contribution in [0.25, 0.3) is 0 Å². The van der Waals surface area contributed by atoms with Crippen molar-refractivity contribution in [2.75, 3.05) is 46.2 Å². The Morgan fingerprint density at radius 1 is 0.645 bits per heavy atom. The molecule has 7 nitrogen and oxygen atoms in total. The fraction of sp³-hybridized carbons (Fsp3) is 1.00. The van der Waals surface area contributed by atoms with E-state index in [0.29, 0.717) is 33.0 Å². The summed E-state index contributed by atoms with van der Waals surface area (Å²) in [5.74, 6) is 0. The molecule has 0 aromatic heterocycles. The minimum absolute atomic E-state index is 0.0217. The normalized spacial score (nSPS) is 16.7. The molecule has 0 aliphatic carbocycles. The fourth-order valence-electron chi connectivity index (χ4n) is 2.74. The van der Waals surface area contributed by atoms with Crippen LogP contribution in [0.15, 0.2) is 0 Å². The molecule has 0 heterocycles. The SMILES string of the molecule is CCCCOCC(C)OCC(C)O[SiH](CCCN)OC(C)COC(C)COCCCC. The number of ether oxygens (including phenoxy) is 4. The van der Waals surface area contributed by atoms with Crippen molar-refractivity contribution in [3.8, 4) is 0 Å². The first-order chi connectivity index (χ1) is 14.9. The lowest BCUT2D eigenvalue weighted by Gasteiger charge is -2.26. The van der Waals surface area contributed by atoms with Gasteiger partial charge >= 0.3 is 9.28 Å². The van der Waals surface area contributed by atoms with Crippen LogP contribution in [0, 0.1) is 0 Å². The molecule has 0 saturated heterocycles. The molecule has 8 heteroatoms. The summed E-state index contributed by atoms with van der Waals surface area (Å²) in [5, 5.41) is 0. The van der Waals surface area contributed by atoms with Gasteiger partial charge in [0, 0.05) is 13.2 Å². The summed E-state index contributed by atoms with van der Waals surface area (Å²) >= 11 is 0. The van der Waals surface area contributed by atoms with Gasteiger partial charge in [0.1, 0.15) is 0 Å². The van der Waals surface area contributed by atoms with Crippen LogP contribution in [-0.2, 0) is 27.8 Å². The van der Waals surface area contributed by atoms with E-state index >= 15 is 0 Å². The Morgan fingerprint density at radius 2 is 1.10 bits per heavy atom. The number of hydrogen-bond donors (Lipinski definition) is 1. The third-order valence-corrected chi connectivity index (χ3v) is 7.05. The van der Waals surface area contributed by atoms with E-state index in [-0.39, 0.29) is 24.4 Å². The van der Waals surface area contributed by atoms with Crippen molar-refractivity contribution < 1.29 is 27.8 Å². The third-order valence-electron chi connectivity index (χ3n) is 4.63. The van der Waals surface area contributed by atoms with Gasteiger partial charge in [-0.2, -0.15) is 0 Å². The third kappa shape index (κ3) is 20.3. The van der Waals surface area contributed by atoms with E-state index in [0.717, 1.165) is 51.4 Å². The van der Waals surface area contributed by atoms with E-state index < -0.39 is 9.28 Å². The average molecular weight is 466 g/mol. The molecule has 0 spiro atoms. The lowest BCUT2D eigenvalue weighted by molar-refractivity contribution is -0.0486. The van der Waals surface area contributed by atoms with E-state index in [2.05, 4.69) is 13.8 Å². The highest BCUT2D eigenvalue weighted by atomic mass is 28.3. The van der Waals surface area contributed by atoms with Gasteiger partial charge in [-0.05, 0) is 59.5 Å². The molecule has 0 fully saturated rings. The first-order valence-corrected chi connectivity index (χ1v) is 14.1. The monoisotopic (exact) mass is 465 g/mol. The van der Waals surface area contributed by atoms with Crippen molar-refractivity contribution in [2.45, 2.75) is 104 Å². The maximum Gasteiger partial charge on any atom is 0.322 e. The Bertz CT molecular complexity index is 350. The summed E-state index contributed by atoms with van der Waals surface area (Å²) in [6, 6.07) is 0.885. The van der Waals surface area contributed by atoms with Crippen molar-refractivity contribution in [3.63, 3.8) is 0 Å². The molecule has 0 aromatic rings. The summed E-state index contributed by atoms with van der Waals surface area (Å²) in [5.41, 5.74) is 5.71. The van der Waals surface area contributed by atoms with Crippen LogP contribution in [0.2, 0.25) is 6.04 Å². The first-order valence-electron chi connectivity index (χ1n) is 12.3. The molecule has 0 saturated carbocycles. The summed E-state index contributed by atoms with van der Waals surface area (Å²) in [7, 11) is -1.86. The summed E-state index contributed by atoms with van der Waals surface area (Å²) in [4.78, 5) is 0. The van der Waals surface area contributed by atoms with Crippen molar-refractivity contribution in [1.29, 1.82) is 0 Å². The van der Waals surface area contributed by atoms with Crippen LogP contribution >= 0.6 is 0 Å². The molecule has 0 bridgehead atoms. The van der Waals surface area contributed by atoms with Crippen LogP contribution in [0.5, 0.6) is 0 Å². The van der Waals surface area contributed by atoms with Crippen LogP contribution in [-0.4, -0.2) is 79.9 Å². The van der Waals surface area contributed by atoms with Gasteiger partial charge in [-0.15, -0.1) is 0 Å². The largest absolute Gasteiger partial charge is 0.391 e. The molecule has 31 heavy (non-hydrogen) atoms. The number of rotatable bonds is 23. The van der Waals surface area contributed by atoms with Crippen molar-refractivity contribution in [3.05, 3.63) is 0 Å². The Kier molecular flexibility index (Phi) is 21.7. The molecule has 0 amide bonds. The minimum Gasteiger partial charge on any atom is -0.391 e. The molecule has 4 unspecified atom stereocenters. The van der Waals surface area contributed by atoms with Gasteiger partial charge < -0.3 is 33.5 Å². The highest BCUT2D eigenvalue weighted by Gasteiger charge is 2.21. The molecule has 0 radical (unpaired) electrons. The van der Waals surface area contributed by atoms with Crippen molar-refractivity contribution >= 4 is 9.28 Å². The quantitative estimate of drug-likeness (QED) is 0.181.